The molecule has 0 radical (unpaired) electrons. The molecule has 1 N–H and O–H groups in total. The first-order valence-electron chi connectivity index (χ1n) is 11.1. The lowest BCUT2D eigenvalue weighted by Gasteiger charge is -2.34. The second kappa shape index (κ2) is 9.68. The molecule has 2 atom stereocenters. The van der Waals surface area contributed by atoms with Crippen molar-refractivity contribution >= 4 is 11.8 Å². The number of H-pyrrole nitrogens is 1. The second-order valence-corrected chi connectivity index (χ2v) is 8.41. The summed E-state index contributed by atoms with van der Waals surface area (Å²) in [5.41, 5.74) is 0.672. The summed E-state index contributed by atoms with van der Waals surface area (Å²) in [4.78, 5) is 24.6. The van der Waals surface area contributed by atoms with E-state index in [0.29, 0.717) is 43.6 Å². The Bertz CT molecular complexity index is 951. The first-order chi connectivity index (χ1) is 15.0. The van der Waals surface area contributed by atoms with Crippen molar-refractivity contribution < 1.29 is 13.9 Å². The largest absolute Gasteiger partial charge is 0.496 e. The summed E-state index contributed by atoms with van der Waals surface area (Å²) in [6.07, 6.45) is 4.91. The van der Waals surface area contributed by atoms with Gasteiger partial charge >= 0.3 is 0 Å². The first kappa shape index (κ1) is 21.6. The number of rotatable bonds is 5. The van der Waals surface area contributed by atoms with Gasteiger partial charge in [0.15, 0.2) is 0 Å². The number of ether oxygens (including phenoxy) is 2. The van der Waals surface area contributed by atoms with Crippen LogP contribution in [0.1, 0.15) is 38.2 Å². The van der Waals surface area contributed by atoms with Crippen molar-refractivity contribution in [2.24, 2.45) is 0 Å². The predicted molar refractivity (Wildman–Crippen MR) is 119 cm³/mol. The molecular weight excluding hydrogens is 399 g/mol. The third-order valence-corrected chi connectivity index (χ3v) is 6.13. The summed E-state index contributed by atoms with van der Waals surface area (Å²) in [6.45, 7) is 4.87. The van der Waals surface area contributed by atoms with Gasteiger partial charge in [0, 0.05) is 31.7 Å². The molecule has 0 amide bonds. The van der Waals surface area contributed by atoms with Gasteiger partial charge in [-0.05, 0) is 49.9 Å². The molecule has 1 aromatic heterocycles. The predicted octanol–water partition coefficient (Wildman–Crippen LogP) is 3.13. The van der Waals surface area contributed by atoms with Crippen molar-refractivity contribution in [3.05, 3.63) is 46.0 Å². The van der Waals surface area contributed by atoms with Crippen LogP contribution >= 0.6 is 0 Å². The molecule has 168 valence electrons. The van der Waals surface area contributed by atoms with E-state index in [1.54, 1.807) is 25.3 Å². The number of nitrogens with one attached hydrogen (secondary N) is 1. The number of hydrogen-bond acceptors (Lipinski definition) is 6. The highest BCUT2D eigenvalue weighted by molar-refractivity contribution is 5.45. The van der Waals surface area contributed by atoms with Crippen molar-refractivity contribution in [2.45, 2.75) is 51.2 Å². The van der Waals surface area contributed by atoms with Gasteiger partial charge in [-0.1, -0.05) is 12.8 Å². The molecular formula is C23H31FN4O3. The minimum absolute atomic E-state index is 0.0974. The quantitative estimate of drug-likeness (QED) is 0.786. The van der Waals surface area contributed by atoms with Crippen molar-refractivity contribution in [1.82, 2.24) is 9.97 Å². The van der Waals surface area contributed by atoms with E-state index in [0.717, 1.165) is 37.8 Å². The molecule has 31 heavy (non-hydrogen) atoms. The summed E-state index contributed by atoms with van der Waals surface area (Å²) < 4.78 is 25.0. The lowest BCUT2D eigenvalue weighted by atomic mass is 10.00. The highest BCUT2D eigenvalue weighted by atomic mass is 19.1. The summed E-state index contributed by atoms with van der Waals surface area (Å²) in [7, 11) is 1.60. The molecule has 0 saturated carbocycles. The topological polar surface area (TPSA) is 70.7 Å². The zero-order chi connectivity index (χ0) is 21.8. The molecule has 8 heteroatoms. The molecule has 3 heterocycles. The summed E-state index contributed by atoms with van der Waals surface area (Å²) in [6, 6.07) is 6.29. The third kappa shape index (κ3) is 5.18. The monoisotopic (exact) mass is 430 g/mol. The molecule has 7 nitrogen and oxygen atoms in total. The standard InChI is InChI=1S/C23H31FN4O3/c1-16-15-27(10-11-31-16)21-14-22(29)26-23(25-21)28-9-5-3-4-6-19(28)13-17-12-18(24)7-8-20(17)30-2/h7-8,12,14,16,19H,3-6,9-11,13,15H2,1-2H3,(H,25,26,29). The average molecular weight is 431 g/mol. The lowest BCUT2D eigenvalue weighted by molar-refractivity contribution is 0.0529. The molecule has 0 bridgehead atoms. The number of aromatic amines is 1. The van der Waals surface area contributed by atoms with E-state index in [-0.39, 0.29) is 23.5 Å². The molecule has 2 saturated heterocycles. The van der Waals surface area contributed by atoms with E-state index in [9.17, 15) is 9.18 Å². The minimum Gasteiger partial charge on any atom is -0.496 e. The van der Waals surface area contributed by atoms with Gasteiger partial charge in [-0.25, -0.2) is 4.39 Å². The SMILES string of the molecule is COc1ccc(F)cc1CC1CCCCCN1c1nc(N2CCOC(C)C2)cc(=O)[nH]1. The van der Waals surface area contributed by atoms with Crippen LogP contribution in [0.25, 0.3) is 0 Å². The Balaban J connectivity index is 1.64. The van der Waals surface area contributed by atoms with Crippen molar-refractivity contribution in [3.63, 3.8) is 0 Å². The van der Waals surface area contributed by atoms with Crippen LogP contribution in [0.5, 0.6) is 5.75 Å². The fourth-order valence-corrected chi connectivity index (χ4v) is 4.59. The van der Waals surface area contributed by atoms with Gasteiger partial charge in [0.2, 0.25) is 5.95 Å². The summed E-state index contributed by atoms with van der Waals surface area (Å²) in [5.74, 6) is 1.68. The Labute approximate surface area is 182 Å². The van der Waals surface area contributed by atoms with Crippen LogP contribution in [0.15, 0.2) is 29.1 Å². The van der Waals surface area contributed by atoms with Crippen LogP contribution in [0.4, 0.5) is 16.2 Å². The van der Waals surface area contributed by atoms with Crippen LogP contribution in [0, 0.1) is 5.82 Å². The molecule has 2 fully saturated rings. The van der Waals surface area contributed by atoms with Crippen LogP contribution in [-0.2, 0) is 11.2 Å². The Morgan fingerprint density at radius 2 is 2.13 bits per heavy atom. The van der Waals surface area contributed by atoms with Crippen molar-refractivity contribution in [2.75, 3.05) is 43.2 Å². The number of nitrogens with zero attached hydrogens (tertiary/aromatic N) is 3. The smallest absolute Gasteiger partial charge is 0.254 e. The van der Waals surface area contributed by atoms with Crippen LogP contribution in [-0.4, -0.2) is 55.5 Å². The molecule has 2 aliphatic rings. The van der Waals surface area contributed by atoms with E-state index in [1.165, 1.54) is 6.07 Å². The van der Waals surface area contributed by atoms with Gasteiger partial charge in [0.1, 0.15) is 17.4 Å². The Morgan fingerprint density at radius 1 is 1.26 bits per heavy atom. The van der Waals surface area contributed by atoms with Crippen molar-refractivity contribution in [1.29, 1.82) is 0 Å². The zero-order valence-corrected chi connectivity index (χ0v) is 18.3. The molecule has 0 aliphatic carbocycles. The highest BCUT2D eigenvalue weighted by Gasteiger charge is 2.26. The molecule has 2 aromatic rings. The number of anilines is 2. The van der Waals surface area contributed by atoms with Crippen LogP contribution < -0.4 is 20.1 Å². The van der Waals surface area contributed by atoms with E-state index in [2.05, 4.69) is 14.8 Å². The van der Waals surface area contributed by atoms with Gasteiger partial charge < -0.3 is 19.3 Å². The van der Waals surface area contributed by atoms with Gasteiger partial charge in [-0.2, -0.15) is 4.98 Å². The zero-order valence-electron chi connectivity index (χ0n) is 18.3. The molecule has 0 spiro atoms. The fourth-order valence-electron chi connectivity index (χ4n) is 4.59. The number of morpholine rings is 1. The number of halogens is 1. The number of methoxy groups -OCH3 is 1. The van der Waals surface area contributed by atoms with Gasteiger partial charge in [-0.3, -0.25) is 9.78 Å². The first-order valence-corrected chi connectivity index (χ1v) is 11.1. The lowest BCUT2D eigenvalue weighted by Crippen LogP contribution is -2.43. The number of benzene rings is 1. The Kier molecular flexibility index (Phi) is 6.75. The number of aromatic nitrogens is 2. The Hall–Kier alpha value is -2.61. The molecule has 2 aliphatic heterocycles. The highest BCUT2D eigenvalue weighted by Crippen LogP contribution is 2.28. The molecule has 2 unspecified atom stereocenters. The number of hydrogen-bond donors (Lipinski definition) is 1. The maximum atomic E-state index is 13.9. The van der Waals surface area contributed by atoms with E-state index >= 15 is 0 Å². The summed E-state index contributed by atoms with van der Waals surface area (Å²) in [5, 5.41) is 0. The van der Waals surface area contributed by atoms with Gasteiger partial charge in [0.25, 0.3) is 5.56 Å². The second-order valence-electron chi connectivity index (χ2n) is 8.41. The van der Waals surface area contributed by atoms with E-state index in [1.807, 2.05) is 6.92 Å². The molecule has 4 rings (SSSR count). The third-order valence-electron chi connectivity index (χ3n) is 6.13. The van der Waals surface area contributed by atoms with E-state index < -0.39 is 0 Å². The van der Waals surface area contributed by atoms with Crippen LogP contribution in [0.2, 0.25) is 0 Å². The summed E-state index contributed by atoms with van der Waals surface area (Å²) >= 11 is 0. The fraction of sp³-hybridized carbons (Fsp3) is 0.565. The molecule has 1 aromatic carbocycles. The Morgan fingerprint density at radius 3 is 2.94 bits per heavy atom. The maximum Gasteiger partial charge on any atom is 0.254 e. The van der Waals surface area contributed by atoms with Crippen molar-refractivity contribution in [3.8, 4) is 5.75 Å². The van der Waals surface area contributed by atoms with Gasteiger partial charge in [0.05, 0.1) is 19.8 Å². The van der Waals surface area contributed by atoms with E-state index in [4.69, 9.17) is 14.5 Å². The van der Waals surface area contributed by atoms with Crippen LogP contribution in [0.3, 0.4) is 0 Å². The minimum atomic E-state index is -0.272. The average Bonchev–Trinajstić information content (AvgIpc) is 2.99. The van der Waals surface area contributed by atoms with Gasteiger partial charge in [-0.15, -0.1) is 0 Å². The normalized spacial score (nSPS) is 22.3. The maximum absolute atomic E-state index is 13.9.